The number of rotatable bonds is 3. The summed E-state index contributed by atoms with van der Waals surface area (Å²) in [7, 11) is 0. The Bertz CT molecular complexity index is 563. The highest BCUT2D eigenvalue weighted by atomic mass is 19.1. The van der Waals surface area contributed by atoms with Crippen LogP contribution in [-0.4, -0.2) is 29.3 Å². The number of nitrogens with zero attached hydrogens (tertiary/aromatic N) is 1. The molecular weight excluding hydrogens is 268 g/mol. The van der Waals surface area contributed by atoms with Crippen molar-refractivity contribution in [2.45, 2.75) is 25.4 Å². The highest BCUT2D eigenvalue weighted by Crippen LogP contribution is 2.24. The zero-order valence-electron chi connectivity index (χ0n) is 10.7. The molecule has 1 heterocycles. The van der Waals surface area contributed by atoms with E-state index < -0.39 is 29.5 Å². The van der Waals surface area contributed by atoms with Crippen LogP contribution in [0.2, 0.25) is 0 Å². The van der Waals surface area contributed by atoms with Crippen LogP contribution < -0.4 is 11.5 Å². The van der Waals surface area contributed by atoms with Gasteiger partial charge in [-0.2, -0.15) is 0 Å². The quantitative estimate of drug-likeness (QED) is 0.821. The molecule has 108 valence electrons. The molecule has 1 aliphatic heterocycles. The second-order valence-electron chi connectivity index (χ2n) is 4.77. The summed E-state index contributed by atoms with van der Waals surface area (Å²) in [4.78, 5) is 24.1. The molecule has 0 saturated heterocycles. The maximum absolute atomic E-state index is 13.7. The molecule has 0 fully saturated rings. The van der Waals surface area contributed by atoms with Crippen molar-refractivity contribution in [2.75, 3.05) is 6.54 Å². The number of benzene rings is 1. The predicted octanol–water partition coefficient (Wildman–Crippen LogP) is 0.0522. The number of hydrogen-bond donors (Lipinski definition) is 2. The summed E-state index contributed by atoms with van der Waals surface area (Å²) in [5, 5.41) is 0. The molecule has 1 aromatic rings. The molecule has 2 rings (SSSR count). The molecule has 0 unspecified atom stereocenters. The smallest absolute Gasteiger partial charge is 0.240 e. The van der Waals surface area contributed by atoms with Crippen LogP contribution >= 0.6 is 0 Å². The summed E-state index contributed by atoms with van der Waals surface area (Å²) < 4.78 is 27.2. The van der Waals surface area contributed by atoms with Gasteiger partial charge in [0.05, 0.1) is 12.5 Å². The Balaban J connectivity index is 2.17. The molecule has 7 heteroatoms. The molecule has 20 heavy (non-hydrogen) atoms. The first kappa shape index (κ1) is 14.4. The van der Waals surface area contributed by atoms with Gasteiger partial charge in [-0.3, -0.25) is 9.59 Å². The van der Waals surface area contributed by atoms with Crippen molar-refractivity contribution < 1.29 is 18.4 Å². The Labute approximate surface area is 114 Å². The fourth-order valence-corrected chi connectivity index (χ4v) is 2.32. The second-order valence-corrected chi connectivity index (χ2v) is 4.77. The van der Waals surface area contributed by atoms with Gasteiger partial charge in [0, 0.05) is 18.7 Å². The van der Waals surface area contributed by atoms with Gasteiger partial charge in [-0.05, 0) is 24.1 Å². The molecular formula is C13H15F2N3O2. The monoisotopic (exact) mass is 283 g/mol. The van der Waals surface area contributed by atoms with Crippen molar-refractivity contribution >= 4 is 11.8 Å². The molecule has 1 aliphatic rings. The van der Waals surface area contributed by atoms with Gasteiger partial charge in [-0.25, -0.2) is 8.78 Å². The number of amides is 2. The highest BCUT2D eigenvalue weighted by Gasteiger charge is 2.28. The fraction of sp³-hybridized carbons (Fsp3) is 0.385. The third-order valence-electron chi connectivity index (χ3n) is 3.35. The van der Waals surface area contributed by atoms with Gasteiger partial charge in [-0.15, -0.1) is 0 Å². The second kappa shape index (κ2) is 5.54. The first-order valence-electron chi connectivity index (χ1n) is 6.18. The maximum Gasteiger partial charge on any atom is 0.240 e. The first-order chi connectivity index (χ1) is 9.40. The van der Waals surface area contributed by atoms with Crippen molar-refractivity contribution in [1.82, 2.24) is 4.90 Å². The van der Waals surface area contributed by atoms with Crippen LogP contribution in [0.3, 0.4) is 0 Å². The average molecular weight is 283 g/mol. The van der Waals surface area contributed by atoms with Crippen LogP contribution in [0.25, 0.3) is 0 Å². The molecule has 0 spiro atoms. The lowest BCUT2D eigenvalue weighted by atomic mass is 9.97. The average Bonchev–Trinajstić information content (AvgIpc) is 2.41. The maximum atomic E-state index is 13.7. The van der Waals surface area contributed by atoms with Crippen LogP contribution in [0.15, 0.2) is 12.1 Å². The van der Waals surface area contributed by atoms with Crippen LogP contribution in [0.4, 0.5) is 8.78 Å². The minimum Gasteiger partial charge on any atom is -0.370 e. The Kier molecular flexibility index (Phi) is 3.99. The lowest BCUT2D eigenvalue weighted by Gasteiger charge is -2.31. The highest BCUT2D eigenvalue weighted by molar-refractivity contribution is 5.87. The molecule has 0 aliphatic carbocycles. The number of halogens is 2. The first-order valence-corrected chi connectivity index (χ1v) is 6.18. The number of hydrogen-bond acceptors (Lipinski definition) is 3. The number of fused-ring (bicyclic) bond motifs is 1. The van der Waals surface area contributed by atoms with E-state index in [-0.39, 0.29) is 37.1 Å². The molecule has 0 aromatic heterocycles. The molecule has 4 N–H and O–H groups in total. The van der Waals surface area contributed by atoms with Crippen LogP contribution in [-0.2, 0) is 22.6 Å². The van der Waals surface area contributed by atoms with Crippen molar-refractivity contribution in [3.8, 4) is 0 Å². The van der Waals surface area contributed by atoms with E-state index in [4.69, 9.17) is 11.5 Å². The van der Waals surface area contributed by atoms with E-state index in [1.165, 1.54) is 4.90 Å². The van der Waals surface area contributed by atoms with Crippen LogP contribution in [0, 0.1) is 11.6 Å². The van der Waals surface area contributed by atoms with E-state index >= 15 is 0 Å². The Morgan fingerprint density at radius 1 is 1.25 bits per heavy atom. The Morgan fingerprint density at radius 2 is 1.85 bits per heavy atom. The molecule has 0 bridgehead atoms. The molecule has 0 radical (unpaired) electrons. The predicted molar refractivity (Wildman–Crippen MR) is 67.3 cm³/mol. The number of primary amides is 1. The Morgan fingerprint density at radius 3 is 2.45 bits per heavy atom. The third kappa shape index (κ3) is 2.77. The summed E-state index contributed by atoms with van der Waals surface area (Å²) >= 11 is 0. The van der Waals surface area contributed by atoms with E-state index in [2.05, 4.69) is 0 Å². The molecule has 5 nitrogen and oxygen atoms in total. The number of carbonyl (C=O) groups excluding carboxylic acids is 2. The lowest BCUT2D eigenvalue weighted by Crippen LogP contribution is -2.47. The van der Waals surface area contributed by atoms with Crippen molar-refractivity contribution in [3.63, 3.8) is 0 Å². The minimum absolute atomic E-state index is 0.0514. The SMILES string of the molecule is NC(=O)C[C@H](N)C(=O)N1CCc2c(F)ccc(F)c2C1. The van der Waals surface area contributed by atoms with Gasteiger partial charge in [0.2, 0.25) is 11.8 Å². The van der Waals surface area contributed by atoms with Gasteiger partial charge in [0.25, 0.3) is 0 Å². The molecule has 1 atom stereocenters. The van der Waals surface area contributed by atoms with Gasteiger partial charge in [-0.1, -0.05) is 0 Å². The van der Waals surface area contributed by atoms with Crippen molar-refractivity contribution in [2.24, 2.45) is 11.5 Å². The summed E-state index contributed by atoms with van der Waals surface area (Å²) in [5.41, 5.74) is 11.0. The molecule has 0 saturated carbocycles. The van der Waals surface area contributed by atoms with Crippen LogP contribution in [0.5, 0.6) is 0 Å². The molecule has 2 amide bonds. The Hall–Kier alpha value is -2.02. The van der Waals surface area contributed by atoms with Crippen LogP contribution in [0.1, 0.15) is 17.5 Å². The van der Waals surface area contributed by atoms with E-state index in [0.717, 1.165) is 12.1 Å². The zero-order chi connectivity index (χ0) is 14.9. The summed E-state index contributed by atoms with van der Waals surface area (Å²) in [5.74, 6) is -2.20. The van der Waals surface area contributed by atoms with Gasteiger partial charge >= 0.3 is 0 Å². The summed E-state index contributed by atoms with van der Waals surface area (Å²) in [6.45, 7) is 0.183. The van der Waals surface area contributed by atoms with Gasteiger partial charge in [0.1, 0.15) is 11.6 Å². The van der Waals surface area contributed by atoms with E-state index in [9.17, 15) is 18.4 Å². The van der Waals surface area contributed by atoms with Gasteiger partial charge in [0.15, 0.2) is 0 Å². The molecule has 1 aromatic carbocycles. The zero-order valence-corrected chi connectivity index (χ0v) is 10.7. The van der Waals surface area contributed by atoms with Gasteiger partial charge < -0.3 is 16.4 Å². The standard InChI is InChI=1S/C13H15F2N3O2/c14-9-1-2-10(15)8-6-18(4-3-7(8)9)13(20)11(16)5-12(17)19/h1-2,11H,3-6,16H2,(H2,17,19)/t11-/m0/s1. The van der Waals surface area contributed by atoms with E-state index in [1.807, 2.05) is 0 Å². The largest absolute Gasteiger partial charge is 0.370 e. The summed E-state index contributed by atoms with van der Waals surface area (Å²) in [6, 6.07) is 1.06. The minimum atomic E-state index is -1.05. The summed E-state index contributed by atoms with van der Waals surface area (Å²) in [6.07, 6.45) is -0.0538. The normalized spacial score (nSPS) is 15.7. The van der Waals surface area contributed by atoms with Crippen molar-refractivity contribution in [3.05, 3.63) is 34.9 Å². The topological polar surface area (TPSA) is 89.4 Å². The fourth-order valence-electron chi connectivity index (χ4n) is 2.32. The lowest BCUT2D eigenvalue weighted by molar-refractivity contribution is -0.135. The number of nitrogens with two attached hydrogens (primary N) is 2. The van der Waals surface area contributed by atoms with E-state index in [1.54, 1.807) is 0 Å². The van der Waals surface area contributed by atoms with Crippen molar-refractivity contribution in [1.29, 1.82) is 0 Å². The van der Waals surface area contributed by atoms with E-state index in [0.29, 0.717) is 0 Å². The number of carbonyl (C=O) groups is 2. The third-order valence-corrected chi connectivity index (χ3v) is 3.35.